The van der Waals surface area contributed by atoms with E-state index in [2.05, 4.69) is 30.7 Å². The standard InChI is InChI=1S/C15H21N3O3/c1-10-8-17(9-11(2)16(10)4)13-5-6-15(18(20)21)14(7-13)12(3)19/h5-7,10-11H,8-9H2,1-4H3. The number of piperazine rings is 1. The van der Waals surface area contributed by atoms with E-state index in [0.717, 1.165) is 18.8 Å². The molecule has 114 valence electrons. The van der Waals surface area contributed by atoms with Gasteiger partial charge in [0.2, 0.25) is 0 Å². The number of carbonyl (C=O) groups is 1. The third-order valence-electron chi connectivity index (χ3n) is 4.28. The molecule has 6 heteroatoms. The number of carbonyl (C=O) groups excluding carboxylic acids is 1. The highest BCUT2D eigenvalue weighted by Gasteiger charge is 2.28. The van der Waals surface area contributed by atoms with Crippen LogP contribution in [0.25, 0.3) is 0 Å². The molecule has 2 unspecified atom stereocenters. The van der Waals surface area contributed by atoms with E-state index in [4.69, 9.17) is 0 Å². The predicted octanol–water partition coefficient (Wildman–Crippen LogP) is 2.33. The Labute approximate surface area is 124 Å². The van der Waals surface area contributed by atoms with Crippen molar-refractivity contribution in [3.05, 3.63) is 33.9 Å². The van der Waals surface area contributed by atoms with Crippen LogP contribution in [0.3, 0.4) is 0 Å². The topological polar surface area (TPSA) is 66.7 Å². The lowest BCUT2D eigenvalue weighted by atomic mass is 10.0. The van der Waals surface area contributed by atoms with Crippen molar-refractivity contribution in [3.8, 4) is 0 Å². The fourth-order valence-electron chi connectivity index (χ4n) is 2.78. The molecule has 0 saturated carbocycles. The van der Waals surface area contributed by atoms with Crippen molar-refractivity contribution in [2.75, 3.05) is 25.0 Å². The Morgan fingerprint density at radius 2 is 1.86 bits per heavy atom. The van der Waals surface area contributed by atoms with E-state index in [1.165, 1.54) is 13.0 Å². The average Bonchev–Trinajstić information content (AvgIpc) is 2.43. The molecule has 6 nitrogen and oxygen atoms in total. The van der Waals surface area contributed by atoms with Gasteiger partial charge in [0.05, 0.1) is 10.5 Å². The Bertz CT molecular complexity index is 561. The lowest BCUT2D eigenvalue weighted by molar-refractivity contribution is -0.385. The first-order valence-corrected chi connectivity index (χ1v) is 7.07. The largest absolute Gasteiger partial charge is 0.368 e. The summed E-state index contributed by atoms with van der Waals surface area (Å²) in [7, 11) is 2.10. The molecular weight excluding hydrogens is 270 g/mol. The number of hydrogen-bond donors (Lipinski definition) is 0. The summed E-state index contributed by atoms with van der Waals surface area (Å²) in [5.41, 5.74) is 0.927. The van der Waals surface area contributed by atoms with Gasteiger partial charge >= 0.3 is 0 Å². The van der Waals surface area contributed by atoms with Crippen LogP contribution in [0.5, 0.6) is 0 Å². The molecule has 0 aromatic heterocycles. The van der Waals surface area contributed by atoms with Crippen LogP contribution < -0.4 is 4.90 Å². The van der Waals surface area contributed by atoms with Crippen molar-refractivity contribution in [3.63, 3.8) is 0 Å². The summed E-state index contributed by atoms with van der Waals surface area (Å²) >= 11 is 0. The van der Waals surface area contributed by atoms with Crippen LogP contribution in [0.1, 0.15) is 31.1 Å². The third-order valence-corrected chi connectivity index (χ3v) is 4.28. The first kappa shape index (κ1) is 15.4. The maximum atomic E-state index is 11.7. The normalized spacial score (nSPS) is 23.1. The van der Waals surface area contributed by atoms with Gasteiger partial charge in [-0.1, -0.05) is 0 Å². The Kier molecular flexibility index (Phi) is 4.27. The van der Waals surface area contributed by atoms with Crippen LogP contribution in [0.15, 0.2) is 18.2 Å². The van der Waals surface area contributed by atoms with Crippen LogP contribution in [-0.2, 0) is 0 Å². The van der Waals surface area contributed by atoms with E-state index in [1.54, 1.807) is 12.1 Å². The molecule has 1 saturated heterocycles. The summed E-state index contributed by atoms with van der Waals surface area (Å²) in [4.78, 5) is 26.6. The van der Waals surface area contributed by atoms with E-state index >= 15 is 0 Å². The van der Waals surface area contributed by atoms with Crippen molar-refractivity contribution in [1.82, 2.24) is 4.90 Å². The zero-order valence-electron chi connectivity index (χ0n) is 12.9. The molecule has 0 radical (unpaired) electrons. The number of rotatable bonds is 3. The Morgan fingerprint density at radius 1 is 1.29 bits per heavy atom. The molecule has 2 atom stereocenters. The van der Waals surface area contributed by atoms with Gasteiger partial charge in [0.25, 0.3) is 5.69 Å². The molecule has 0 spiro atoms. The molecule has 0 aliphatic carbocycles. The second-order valence-electron chi connectivity index (χ2n) is 5.78. The van der Waals surface area contributed by atoms with E-state index in [1.807, 2.05) is 0 Å². The molecule has 1 aliphatic heterocycles. The summed E-state index contributed by atoms with van der Waals surface area (Å²) in [5.74, 6) is -0.279. The second kappa shape index (κ2) is 5.81. The number of Topliss-reactive ketones (excluding diaryl/α,β-unsaturated/α-hetero) is 1. The quantitative estimate of drug-likeness (QED) is 0.486. The highest BCUT2D eigenvalue weighted by molar-refractivity contribution is 5.99. The number of nitro groups is 1. The van der Waals surface area contributed by atoms with Crippen molar-refractivity contribution >= 4 is 17.2 Å². The summed E-state index contributed by atoms with van der Waals surface area (Å²) in [6, 6.07) is 5.59. The molecule has 1 aliphatic rings. The van der Waals surface area contributed by atoms with Gasteiger partial charge in [-0.2, -0.15) is 0 Å². The van der Waals surface area contributed by atoms with Gasteiger partial charge in [-0.15, -0.1) is 0 Å². The van der Waals surface area contributed by atoms with Crippen molar-refractivity contribution in [1.29, 1.82) is 0 Å². The first-order valence-electron chi connectivity index (χ1n) is 7.07. The van der Waals surface area contributed by atoms with Crippen LogP contribution >= 0.6 is 0 Å². The SMILES string of the molecule is CC(=O)c1cc(N2CC(C)N(C)C(C)C2)ccc1[N+](=O)[O-]. The molecule has 0 bridgehead atoms. The predicted molar refractivity (Wildman–Crippen MR) is 82.0 cm³/mol. The number of likely N-dealkylation sites (N-methyl/N-ethyl adjacent to an activating group) is 1. The van der Waals surface area contributed by atoms with Gasteiger partial charge in [-0.25, -0.2) is 0 Å². The highest BCUT2D eigenvalue weighted by Crippen LogP contribution is 2.28. The first-order chi connectivity index (χ1) is 9.81. The summed E-state index contributed by atoms with van der Waals surface area (Å²) in [6.07, 6.45) is 0. The second-order valence-corrected chi connectivity index (χ2v) is 5.78. The van der Waals surface area contributed by atoms with Crippen LogP contribution in [0, 0.1) is 10.1 Å². The van der Waals surface area contributed by atoms with Crippen molar-refractivity contribution in [2.45, 2.75) is 32.9 Å². The zero-order valence-corrected chi connectivity index (χ0v) is 12.9. The third kappa shape index (κ3) is 3.05. The Morgan fingerprint density at radius 3 is 2.33 bits per heavy atom. The number of nitro benzene ring substituents is 1. The molecule has 0 N–H and O–H groups in total. The molecule has 0 amide bonds. The summed E-state index contributed by atoms with van der Waals surface area (Å²) in [6.45, 7) is 7.35. The molecule has 1 aromatic carbocycles. The highest BCUT2D eigenvalue weighted by atomic mass is 16.6. The maximum Gasteiger partial charge on any atom is 0.280 e. The molecular formula is C15H21N3O3. The Balaban J connectivity index is 2.35. The molecule has 1 fully saturated rings. The minimum atomic E-state index is -0.504. The van der Waals surface area contributed by atoms with Gasteiger partial charge in [-0.3, -0.25) is 19.8 Å². The van der Waals surface area contributed by atoms with Gasteiger partial charge < -0.3 is 4.90 Å². The van der Waals surface area contributed by atoms with E-state index in [9.17, 15) is 14.9 Å². The van der Waals surface area contributed by atoms with Crippen LogP contribution in [0.2, 0.25) is 0 Å². The van der Waals surface area contributed by atoms with E-state index in [-0.39, 0.29) is 17.0 Å². The summed E-state index contributed by atoms with van der Waals surface area (Å²) < 4.78 is 0. The lowest BCUT2D eigenvalue weighted by Gasteiger charge is -2.43. The van der Waals surface area contributed by atoms with Crippen LogP contribution in [-0.4, -0.2) is 47.8 Å². The molecule has 1 heterocycles. The Hall–Kier alpha value is -1.95. The smallest absolute Gasteiger partial charge is 0.280 e. The zero-order chi connectivity index (χ0) is 15.7. The fraction of sp³-hybridized carbons (Fsp3) is 0.533. The van der Waals surface area contributed by atoms with Gasteiger partial charge in [0.15, 0.2) is 5.78 Å². The minimum absolute atomic E-state index is 0.124. The van der Waals surface area contributed by atoms with Crippen LogP contribution in [0.4, 0.5) is 11.4 Å². The van der Waals surface area contributed by atoms with Gasteiger partial charge in [0.1, 0.15) is 0 Å². The lowest BCUT2D eigenvalue weighted by Crippen LogP contribution is -2.55. The number of hydrogen-bond acceptors (Lipinski definition) is 5. The fourth-order valence-corrected chi connectivity index (χ4v) is 2.78. The molecule has 21 heavy (non-hydrogen) atoms. The number of ketones is 1. The van der Waals surface area contributed by atoms with E-state index in [0.29, 0.717) is 12.1 Å². The number of nitrogens with zero attached hydrogens (tertiary/aromatic N) is 3. The monoisotopic (exact) mass is 291 g/mol. The number of anilines is 1. The minimum Gasteiger partial charge on any atom is -0.368 e. The van der Waals surface area contributed by atoms with Gasteiger partial charge in [-0.05, 0) is 40.0 Å². The maximum absolute atomic E-state index is 11.7. The number of benzene rings is 1. The average molecular weight is 291 g/mol. The summed E-state index contributed by atoms with van der Waals surface area (Å²) in [5, 5.41) is 11.0. The van der Waals surface area contributed by atoms with Gasteiger partial charge in [0, 0.05) is 36.9 Å². The van der Waals surface area contributed by atoms with Crippen molar-refractivity contribution < 1.29 is 9.72 Å². The van der Waals surface area contributed by atoms with E-state index < -0.39 is 4.92 Å². The molecule has 2 rings (SSSR count). The van der Waals surface area contributed by atoms with Crippen molar-refractivity contribution in [2.24, 2.45) is 0 Å². The molecule has 1 aromatic rings.